The van der Waals surface area contributed by atoms with Gasteiger partial charge in [-0.15, -0.1) is 0 Å². The summed E-state index contributed by atoms with van der Waals surface area (Å²) in [4.78, 5) is 14.9. The lowest BCUT2D eigenvalue weighted by atomic mass is 10.2. The van der Waals surface area contributed by atoms with Gasteiger partial charge in [-0.1, -0.05) is 17.7 Å². The molecule has 0 aromatic carbocycles. The predicted molar refractivity (Wildman–Crippen MR) is 81.5 cm³/mol. The maximum Gasteiger partial charge on any atom is 0.255 e. The molecule has 0 amide bonds. The van der Waals surface area contributed by atoms with Gasteiger partial charge < -0.3 is 4.90 Å². The zero-order valence-corrected chi connectivity index (χ0v) is 12.6. The van der Waals surface area contributed by atoms with Crippen LogP contribution < -0.4 is 4.90 Å². The number of pyridine rings is 1. The van der Waals surface area contributed by atoms with Crippen LogP contribution in [-0.2, 0) is 6.54 Å². The molecule has 0 fully saturated rings. The Morgan fingerprint density at radius 2 is 2.14 bits per heavy atom. The second-order valence-corrected chi connectivity index (χ2v) is 5.02. The zero-order valence-electron chi connectivity index (χ0n) is 11.9. The highest BCUT2D eigenvalue weighted by molar-refractivity contribution is 6.30. The average molecular weight is 303 g/mol. The highest BCUT2D eigenvalue weighted by atomic mass is 35.5. The number of aromatic nitrogens is 5. The van der Waals surface area contributed by atoms with Gasteiger partial charge >= 0.3 is 0 Å². The van der Waals surface area contributed by atoms with Crippen molar-refractivity contribution in [3.05, 3.63) is 47.1 Å². The van der Waals surface area contributed by atoms with Crippen LogP contribution in [0.3, 0.4) is 0 Å². The van der Waals surface area contributed by atoms with Crippen molar-refractivity contribution in [3.63, 3.8) is 0 Å². The predicted octanol–water partition coefficient (Wildman–Crippen LogP) is 2.51. The Morgan fingerprint density at radius 1 is 1.29 bits per heavy atom. The Hall–Kier alpha value is -2.21. The third kappa shape index (κ3) is 2.54. The number of nitrogens with zero attached hydrogens (tertiary/aromatic N) is 6. The maximum atomic E-state index is 6.22. The molecular formula is C14H15ClN6. The molecule has 0 unspecified atom stereocenters. The first kappa shape index (κ1) is 13.8. The molecular weight excluding hydrogens is 288 g/mol. The fourth-order valence-corrected chi connectivity index (χ4v) is 2.44. The molecule has 7 heteroatoms. The summed E-state index contributed by atoms with van der Waals surface area (Å²) in [6, 6.07) is 5.89. The molecule has 3 aromatic heterocycles. The standard InChI is InChI=1S/C14H15ClN6/c1-3-20(8-11-6-4-5-7-16-11)13-10(2)12(15)19-14-17-9-18-21(13)14/h4-7,9H,3,8H2,1-2H3. The van der Waals surface area contributed by atoms with Gasteiger partial charge in [0, 0.05) is 18.3 Å². The molecule has 0 aliphatic heterocycles. The van der Waals surface area contributed by atoms with Crippen molar-refractivity contribution < 1.29 is 0 Å². The third-order valence-corrected chi connectivity index (χ3v) is 3.70. The van der Waals surface area contributed by atoms with Crippen LogP contribution in [0.5, 0.6) is 0 Å². The van der Waals surface area contributed by atoms with Gasteiger partial charge in [0.05, 0.1) is 12.2 Å². The van der Waals surface area contributed by atoms with E-state index in [0.29, 0.717) is 17.5 Å². The van der Waals surface area contributed by atoms with Crippen molar-refractivity contribution >= 4 is 23.2 Å². The van der Waals surface area contributed by atoms with E-state index in [9.17, 15) is 0 Å². The largest absolute Gasteiger partial charge is 0.351 e. The molecule has 0 radical (unpaired) electrons. The summed E-state index contributed by atoms with van der Waals surface area (Å²) in [5, 5.41) is 4.70. The summed E-state index contributed by atoms with van der Waals surface area (Å²) in [6.07, 6.45) is 3.27. The first-order valence-electron chi connectivity index (χ1n) is 6.71. The molecule has 108 valence electrons. The normalized spacial score (nSPS) is 11.0. The van der Waals surface area contributed by atoms with E-state index in [1.54, 1.807) is 10.7 Å². The fraction of sp³-hybridized carbons (Fsp3) is 0.286. The first-order chi connectivity index (χ1) is 10.2. The van der Waals surface area contributed by atoms with Gasteiger partial charge in [-0.25, -0.2) is 0 Å². The second kappa shape index (κ2) is 5.65. The van der Waals surface area contributed by atoms with Crippen LogP contribution in [0.2, 0.25) is 5.15 Å². The molecule has 3 rings (SSSR count). The number of halogens is 1. The van der Waals surface area contributed by atoms with Crippen LogP contribution >= 0.6 is 11.6 Å². The lowest BCUT2D eigenvalue weighted by Crippen LogP contribution is -2.26. The van der Waals surface area contributed by atoms with E-state index in [1.165, 1.54) is 6.33 Å². The van der Waals surface area contributed by atoms with E-state index in [4.69, 9.17) is 11.6 Å². The van der Waals surface area contributed by atoms with Crippen LogP contribution in [-0.4, -0.2) is 31.1 Å². The Morgan fingerprint density at radius 3 is 2.86 bits per heavy atom. The Balaban J connectivity index is 2.08. The van der Waals surface area contributed by atoms with E-state index < -0.39 is 0 Å². The average Bonchev–Trinajstić information content (AvgIpc) is 2.95. The molecule has 6 nitrogen and oxygen atoms in total. The maximum absolute atomic E-state index is 6.22. The fourth-order valence-electron chi connectivity index (χ4n) is 2.28. The van der Waals surface area contributed by atoms with Gasteiger partial charge in [0.25, 0.3) is 5.78 Å². The molecule has 0 spiro atoms. The molecule has 0 aliphatic carbocycles. The zero-order chi connectivity index (χ0) is 14.8. The number of anilines is 1. The molecule has 21 heavy (non-hydrogen) atoms. The van der Waals surface area contributed by atoms with Gasteiger partial charge in [0.1, 0.15) is 17.3 Å². The summed E-state index contributed by atoms with van der Waals surface area (Å²) in [5.74, 6) is 1.40. The monoisotopic (exact) mass is 302 g/mol. The SMILES string of the molecule is CCN(Cc1ccccn1)c1c(C)c(Cl)nc2ncnn12. The van der Waals surface area contributed by atoms with Gasteiger partial charge in [-0.2, -0.15) is 19.6 Å². The van der Waals surface area contributed by atoms with E-state index >= 15 is 0 Å². The summed E-state index contributed by atoms with van der Waals surface area (Å²) in [5.41, 5.74) is 1.87. The smallest absolute Gasteiger partial charge is 0.255 e. The van der Waals surface area contributed by atoms with Crippen molar-refractivity contribution in [3.8, 4) is 0 Å². The molecule has 0 bridgehead atoms. The first-order valence-corrected chi connectivity index (χ1v) is 7.09. The number of hydrogen-bond acceptors (Lipinski definition) is 5. The van der Waals surface area contributed by atoms with Crippen molar-refractivity contribution in [2.24, 2.45) is 0 Å². The molecule has 0 atom stereocenters. The second-order valence-electron chi connectivity index (χ2n) is 4.66. The van der Waals surface area contributed by atoms with Crippen molar-refractivity contribution in [1.29, 1.82) is 0 Å². The number of fused-ring (bicyclic) bond motifs is 1. The lowest BCUT2D eigenvalue weighted by Gasteiger charge is -2.24. The summed E-state index contributed by atoms with van der Waals surface area (Å²) in [7, 11) is 0. The van der Waals surface area contributed by atoms with Crippen LogP contribution in [0.4, 0.5) is 5.82 Å². The molecule has 3 aromatic rings. The van der Waals surface area contributed by atoms with Gasteiger partial charge in [0.2, 0.25) is 0 Å². The van der Waals surface area contributed by atoms with Gasteiger partial charge in [-0.3, -0.25) is 4.98 Å². The van der Waals surface area contributed by atoms with Gasteiger partial charge in [-0.05, 0) is 26.0 Å². The Kier molecular flexibility index (Phi) is 3.70. The highest BCUT2D eigenvalue weighted by Gasteiger charge is 2.18. The number of rotatable bonds is 4. The Labute approximate surface area is 127 Å². The van der Waals surface area contributed by atoms with E-state index in [-0.39, 0.29) is 0 Å². The van der Waals surface area contributed by atoms with Gasteiger partial charge in [0.15, 0.2) is 0 Å². The highest BCUT2D eigenvalue weighted by Crippen LogP contribution is 2.26. The molecule has 3 heterocycles. The Bertz CT molecular complexity index is 755. The third-order valence-electron chi connectivity index (χ3n) is 3.33. The van der Waals surface area contributed by atoms with Crippen LogP contribution in [0.15, 0.2) is 30.7 Å². The van der Waals surface area contributed by atoms with Crippen LogP contribution in [0.1, 0.15) is 18.2 Å². The van der Waals surface area contributed by atoms with Crippen LogP contribution in [0.25, 0.3) is 5.78 Å². The van der Waals surface area contributed by atoms with Crippen LogP contribution in [0, 0.1) is 6.92 Å². The number of hydrogen-bond donors (Lipinski definition) is 0. The van der Waals surface area contributed by atoms with E-state index in [2.05, 4.69) is 31.9 Å². The van der Waals surface area contributed by atoms with Crippen molar-refractivity contribution in [1.82, 2.24) is 24.6 Å². The topological polar surface area (TPSA) is 59.2 Å². The lowest BCUT2D eigenvalue weighted by molar-refractivity contribution is 0.756. The van der Waals surface area contributed by atoms with E-state index in [0.717, 1.165) is 23.6 Å². The van der Waals surface area contributed by atoms with Crippen molar-refractivity contribution in [2.75, 3.05) is 11.4 Å². The van der Waals surface area contributed by atoms with Crippen molar-refractivity contribution in [2.45, 2.75) is 20.4 Å². The van der Waals surface area contributed by atoms with E-state index in [1.807, 2.05) is 25.1 Å². The summed E-state index contributed by atoms with van der Waals surface area (Å²) < 4.78 is 1.72. The quantitative estimate of drug-likeness (QED) is 0.693. The molecule has 0 N–H and O–H groups in total. The minimum atomic E-state index is 0.449. The molecule has 0 aliphatic rings. The minimum absolute atomic E-state index is 0.449. The minimum Gasteiger partial charge on any atom is -0.351 e. The molecule has 0 saturated carbocycles. The molecule has 0 saturated heterocycles. The summed E-state index contributed by atoms with van der Waals surface area (Å²) >= 11 is 6.22. The summed E-state index contributed by atoms with van der Waals surface area (Å²) in [6.45, 7) is 5.49.